The summed E-state index contributed by atoms with van der Waals surface area (Å²) in [5.74, 6) is 2.43. The van der Waals surface area contributed by atoms with Crippen molar-refractivity contribution >= 4 is 29.1 Å². The van der Waals surface area contributed by atoms with Crippen LogP contribution in [0.15, 0.2) is 34.6 Å². The predicted octanol–water partition coefficient (Wildman–Crippen LogP) is 4.00. The molecule has 2 rings (SSSR count). The molecule has 1 nitrogen and oxygen atoms in total. The van der Waals surface area contributed by atoms with Crippen molar-refractivity contribution < 1.29 is 5.11 Å². The molecule has 1 N–H and O–H groups in total. The summed E-state index contributed by atoms with van der Waals surface area (Å²) < 4.78 is 1.46. The summed E-state index contributed by atoms with van der Waals surface area (Å²) in [6.45, 7) is 1.86. The molecule has 1 aliphatic heterocycles. The molecule has 0 aromatic heterocycles. The van der Waals surface area contributed by atoms with Crippen molar-refractivity contribution in [3.63, 3.8) is 0 Å². The minimum atomic E-state index is -0.217. The Balaban J connectivity index is 2.21. The van der Waals surface area contributed by atoms with E-state index in [-0.39, 0.29) is 6.10 Å². The fraction of sp³-hybridized carbons (Fsp3) is 0.429. The van der Waals surface area contributed by atoms with Gasteiger partial charge in [-0.05, 0) is 30.9 Å². The second-order valence-corrected chi connectivity index (χ2v) is 6.69. The third kappa shape index (κ3) is 3.80. The molecule has 0 amide bonds. The van der Waals surface area contributed by atoms with Crippen molar-refractivity contribution in [1.82, 2.24) is 0 Å². The second-order valence-electron chi connectivity index (χ2n) is 4.22. The zero-order valence-corrected chi connectivity index (χ0v) is 11.7. The second kappa shape index (κ2) is 6.53. The number of rotatable bonds is 4. The number of aliphatic hydroxyl groups is 1. The van der Waals surface area contributed by atoms with Crippen molar-refractivity contribution in [3.8, 4) is 0 Å². The summed E-state index contributed by atoms with van der Waals surface area (Å²) in [6.07, 6.45) is 1.59. The fourth-order valence-corrected chi connectivity index (χ4v) is 4.50. The maximum Gasteiger partial charge on any atom is 0.0515 e. The summed E-state index contributed by atoms with van der Waals surface area (Å²) >= 11 is 3.92. The molecule has 1 aromatic rings. The van der Waals surface area contributed by atoms with Crippen molar-refractivity contribution in [2.75, 3.05) is 11.5 Å². The molecule has 0 saturated carbocycles. The van der Waals surface area contributed by atoms with Crippen molar-refractivity contribution in [3.05, 3.63) is 40.1 Å². The smallest absolute Gasteiger partial charge is 0.0515 e. The van der Waals surface area contributed by atoms with E-state index in [0.29, 0.717) is 0 Å². The molecule has 1 unspecified atom stereocenters. The lowest BCUT2D eigenvalue weighted by molar-refractivity contribution is 0.186. The maximum atomic E-state index is 9.45. The van der Waals surface area contributed by atoms with Crippen LogP contribution in [0.25, 0.3) is 5.57 Å². The van der Waals surface area contributed by atoms with Gasteiger partial charge in [-0.15, -0.1) is 23.5 Å². The molecule has 1 heterocycles. The Bertz CT molecular complexity index is 376. The van der Waals surface area contributed by atoms with Gasteiger partial charge in [-0.3, -0.25) is 0 Å². The molecule has 1 aliphatic rings. The lowest BCUT2D eigenvalue weighted by Gasteiger charge is -2.12. The van der Waals surface area contributed by atoms with Crippen LogP contribution in [0, 0.1) is 0 Å². The highest BCUT2D eigenvalue weighted by atomic mass is 32.2. The normalized spacial score (nSPS) is 17.2. The van der Waals surface area contributed by atoms with Crippen LogP contribution in [0.5, 0.6) is 0 Å². The van der Waals surface area contributed by atoms with Gasteiger partial charge in [0.1, 0.15) is 0 Å². The Labute approximate surface area is 112 Å². The Morgan fingerprint density at radius 1 is 1.24 bits per heavy atom. The number of benzene rings is 1. The molecule has 0 aliphatic carbocycles. The minimum absolute atomic E-state index is 0.217. The summed E-state index contributed by atoms with van der Waals surface area (Å²) in [5, 5.41) is 9.45. The SMILES string of the molecule is CC(O)CCC(=C1SCCS1)c1ccccc1. The Morgan fingerprint density at radius 2 is 1.88 bits per heavy atom. The standard InChI is InChI=1S/C14H18OS2/c1-11(15)7-8-13(14-16-9-10-17-14)12-5-3-2-4-6-12/h2-6,11,15H,7-10H2,1H3. The van der Waals surface area contributed by atoms with Crippen LogP contribution < -0.4 is 0 Å². The molecule has 0 bridgehead atoms. The van der Waals surface area contributed by atoms with E-state index in [1.807, 2.05) is 30.4 Å². The van der Waals surface area contributed by atoms with Gasteiger partial charge in [-0.25, -0.2) is 0 Å². The van der Waals surface area contributed by atoms with Crippen LogP contribution in [-0.2, 0) is 0 Å². The van der Waals surface area contributed by atoms with E-state index in [9.17, 15) is 5.11 Å². The number of aliphatic hydroxyl groups excluding tert-OH is 1. The molecule has 92 valence electrons. The summed E-state index contributed by atoms with van der Waals surface area (Å²) in [5.41, 5.74) is 2.73. The molecule has 17 heavy (non-hydrogen) atoms. The zero-order valence-electron chi connectivity index (χ0n) is 10.1. The van der Waals surface area contributed by atoms with Crippen molar-refractivity contribution in [2.24, 2.45) is 0 Å². The highest BCUT2D eigenvalue weighted by Gasteiger charge is 2.15. The first-order valence-corrected chi connectivity index (χ1v) is 7.96. The third-order valence-electron chi connectivity index (χ3n) is 2.73. The quantitative estimate of drug-likeness (QED) is 0.889. The van der Waals surface area contributed by atoms with Crippen molar-refractivity contribution in [1.29, 1.82) is 0 Å². The number of hydrogen-bond donors (Lipinski definition) is 1. The third-order valence-corrected chi connectivity index (χ3v) is 5.53. The van der Waals surface area contributed by atoms with Gasteiger partial charge in [-0.1, -0.05) is 30.3 Å². The Morgan fingerprint density at radius 3 is 2.47 bits per heavy atom. The van der Waals surface area contributed by atoms with E-state index in [1.54, 1.807) is 0 Å². The van der Waals surface area contributed by atoms with Crippen LogP contribution in [0.2, 0.25) is 0 Å². The summed E-state index contributed by atoms with van der Waals surface area (Å²) in [6, 6.07) is 10.6. The molecule has 1 atom stereocenters. The first kappa shape index (κ1) is 13.1. The lowest BCUT2D eigenvalue weighted by atomic mass is 10.0. The molecule has 1 aromatic carbocycles. The van der Waals surface area contributed by atoms with Gasteiger partial charge in [0, 0.05) is 15.7 Å². The van der Waals surface area contributed by atoms with Crippen molar-refractivity contribution in [2.45, 2.75) is 25.9 Å². The lowest BCUT2D eigenvalue weighted by Crippen LogP contribution is -2.00. The molecule has 3 heteroatoms. The average Bonchev–Trinajstić information content (AvgIpc) is 2.84. The van der Waals surface area contributed by atoms with E-state index in [1.165, 1.54) is 26.9 Å². The van der Waals surface area contributed by atoms with Crippen LogP contribution >= 0.6 is 23.5 Å². The van der Waals surface area contributed by atoms with Crippen LogP contribution in [0.4, 0.5) is 0 Å². The molecular weight excluding hydrogens is 248 g/mol. The Hall–Kier alpha value is -0.380. The minimum Gasteiger partial charge on any atom is -0.393 e. The van der Waals surface area contributed by atoms with E-state index in [4.69, 9.17) is 0 Å². The van der Waals surface area contributed by atoms with Crippen LogP contribution in [-0.4, -0.2) is 22.7 Å². The monoisotopic (exact) mass is 266 g/mol. The van der Waals surface area contributed by atoms with Gasteiger partial charge in [-0.2, -0.15) is 0 Å². The van der Waals surface area contributed by atoms with Crippen LogP contribution in [0.3, 0.4) is 0 Å². The predicted molar refractivity (Wildman–Crippen MR) is 79.2 cm³/mol. The van der Waals surface area contributed by atoms with Gasteiger partial charge in [0.05, 0.1) is 6.10 Å². The van der Waals surface area contributed by atoms with Gasteiger partial charge < -0.3 is 5.11 Å². The van der Waals surface area contributed by atoms with Crippen LogP contribution in [0.1, 0.15) is 25.3 Å². The molecule has 1 saturated heterocycles. The fourth-order valence-electron chi connectivity index (χ4n) is 1.84. The van der Waals surface area contributed by atoms with E-state index in [0.717, 1.165) is 12.8 Å². The molecule has 0 spiro atoms. The number of thioether (sulfide) groups is 2. The number of allylic oxidation sites excluding steroid dienone is 1. The first-order chi connectivity index (χ1) is 8.27. The van der Waals surface area contributed by atoms with E-state index >= 15 is 0 Å². The van der Waals surface area contributed by atoms with E-state index < -0.39 is 0 Å². The average molecular weight is 266 g/mol. The van der Waals surface area contributed by atoms with Gasteiger partial charge in [0.25, 0.3) is 0 Å². The molecule has 0 radical (unpaired) electrons. The zero-order chi connectivity index (χ0) is 12.1. The first-order valence-electron chi connectivity index (χ1n) is 5.99. The van der Waals surface area contributed by atoms with Gasteiger partial charge in [0.2, 0.25) is 0 Å². The molecular formula is C14H18OS2. The van der Waals surface area contributed by atoms with Gasteiger partial charge >= 0.3 is 0 Å². The highest BCUT2D eigenvalue weighted by molar-refractivity contribution is 8.25. The van der Waals surface area contributed by atoms with Gasteiger partial charge in [0.15, 0.2) is 0 Å². The highest BCUT2D eigenvalue weighted by Crippen LogP contribution is 2.43. The Kier molecular flexibility index (Phi) is 5.01. The summed E-state index contributed by atoms with van der Waals surface area (Å²) in [4.78, 5) is 0. The molecule has 1 fully saturated rings. The number of hydrogen-bond acceptors (Lipinski definition) is 3. The summed E-state index contributed by atoms with van der Waals surface area (Å²) in [7, 11) is 0. The maximum absolute atomic E-state index is 9.45. The topological polar surface area (TPSA) is 20.2 Å². The largest absolute Gasteiger partial charge is 0.393 e. The van der Waals surface area contributed by atoms with E-state index in [2.05, 4.69) is 30.3 Å².